The van der Waals surface area contributed by atoms with Crippen LogP contribution < -0.4 is 4.74 Å². The molecule has 0 saturated carbocycles. The lowest BCUT2D eigenvalue weighted by Crippen LogP contribution is -1.97. The molecule has 0 spiro atoms. The van der Waals surface area contributed by atoms with E-state index in [0.717, 1.165) is 41.8 Å². The molecule has 0 radical (unpaired) electrons. The first kappa shape index (κ1) is 21.4. The second-order valence-electron chi connectivity index (χ2n) is 8.03. The van der Waals surface area contributed by atoms with Crippen molar-refractivity contribution in [3.8, 4) is 11.4 Å². The molecule has 1 heterocycles. The molecular formula is C26H36N2O. The molecule has 0 bridgehead atoms. The molecule has 0 amide bonds. The summed E-state index contributed by atoms with van der Waals surface area (Å²) < 4.78 is 7.94. The summed E-state index contributed by atoms with van der Waals surface area (Å²) in [7, 11) is 0. The van der Waals surface area contributed by atoms with E-state index in [9.17, 15) is 0 Å². The number of aryl methyl sites for hydroxylation is 1. The average Bonchev–Trinajstić information content (AvgIpc) is 3.17. The molecule has 0 saturated heterocycles. The molecule has 0 fully saturated rings. The van der Waals surface area contributed by atoms with Crippen molar-refractivity contribution >= 4 is 10.9 Å². The highest BCUT2D eigenvalue weighted by molar-refractivity contribution is 5.80. The molecule has 0 aliphatic carbocycles. The number of unbranched alkanes of at least 4 members (excludes halogenated alkanes) is 7. The monoisotopic (exact) mass is 392 g/mol. The van der Waals surface area contributed by atoms with E-state index in [0.29, 0.717) is 0 Å². The van der Waals surface area contributed by atoms with Gasteiger partial charge in [0.1, 0.15) is 5.75 Å². The zero-order valence-corrected chi connectivity index (χ0v) is 18.2. The summed E-state index contributed by atoms with van der Waals surface area (Å²) in [6.07, 6.45) is 15.0. The van der Waals surface area contributed by atoms with Crippen LogP contribution in [0.4, 0.5) is 0 Å². The van der Waals surface area contributed by atoms with Gasteiger partial charge in [0.15, 0.2) is 0 Å². The van der Waals surface area contributed by atoms with Gasteiger partial charge in [-0.2, -0.15) is 5.10 Å². The number of fused-ring (bicyclic) bond motifs is 1. The first-order valence-corrected chi connectivity index (χ1v) is 11.5. The van der Waals surface area contributed by atoms with Crippen LogP contribution in [0.1, 0.15) is 77.2 Å². The fourth-order valence-electron chi connectivity index (χ4n) is 3.76. The normalized spacial score (nSPS) is 11.2. The minimum absolute atomic E-state index is 0.799. The molecule has 3 nitrogen and oxygen atoms in total. The maximum absolute atomic E-state index is 5.98. The summed E-state index contributed by atoms with van der Waals surface area (Å²) >= 11 is 0. The Bertz CT molecular complexity index is 851. The molecule has 1 aromatic heterocycles. The first-order valence-electron chi connectivity index (χ1n) is 11.5. The number of ether oxygens (including phenoxy) is 1. The van der Waals surface area contributed by atoms with Gasteiger partial charge < -0.3 is 4.74 Å². The summed E-state index contributed by atoms with van der Waals surface area (Å²) in [5, 5.41) is 5.83. The summed E-state index contributed by atoms with van der Waals surface area (Å²) in [6, 6.07) is 14.9. The summed E-state index contributed by atoms with van der Waals surface area (Å²) in [5.41, 5.74) is 3.48. The third kappa shape index (κ3) is 6.62. The van der Waals surface area contributed by atoms with E-state index in [-0.39, 0.29) is 0 Å². The molecular weight excluding hydrogens is 356 g/mol. The Balaban J connectivity index is 1.48. The number of nitrogens with zero attached hydrogens (tertiary/aromatic N) is 2. The molecule has 0 unspecified atom stereocenters. The van der Waals surface area contributed by atoms with Crippen molar-refractivity contribution in [1.29, 1.82) is 0 Å². The van der Waals surface area contributed by atoms with Crippen LogP contribution >= 0.6 is 0 Å². The van der Waals surface area contributed by atoms with Gasteiger partial charge in [-0.1, -0.05) is 77.3 Å². The van der Waals surface area contributed by atoms with Crippen LogP contribution in [-0.4, -0.2) is 16.4 Å². The van der Waals surface area contributed by atoms with E-state index >= 15 is 0 Å². The smallest absolute Gasteiger partial charge is 0.120 e. The topological polar surface area (TPSA) is 27.1 Å². The largest absolute Gasteiger partial charge is 0.494 e. The summed E-state index contributed by atoms with van der Waals surface area (Å²) in [5.74, 6) is 0.943. The van der Waals surface area contributed by atoms with Crippen LogP contribution in [0.3, 0.4) is 0 Å². The lowest BCUT2D eigenvalue weighted by atomic mass is 10.1. The van der Waals surface area contributed by atoms with Crippen LogP contribution in [0.15, 0.2) is 48.7 Å². The van der Waals surface area contributed by atoms with Gasteiger partial charge in [0.05, 0.1) is 17.8 Å². The van der Waals surface area contributed by atoms with Crippen LogP contribution in [0.25, 0.3) is 16.6 Å². The Hall–Kier alpha value is -2.29. The van der Waals surface area contributed by atoms with Crippen molar-refractivity contribution < 1.29 is 4.74 Å². The van der Waals surface area contributed by atoms with E-state index in [4.69, 9.17) is 9.84 Å². The number of hydrogen-bond donors (Lipinski definition) is 0. The van der Waals surface area contributed by atoms with Crippen molar-refractivity contribution in [3.05, 3.63) is 54.2 Å². The zero-order valence-electron chi connectivity index (χ0n) is 18.2. The SMILES string of the molecule is CCCCCCCCCCOc1ccc2nn(-c3ccc(CCC)cc3)cc2c1. The van der Waals surface area contributed by atoms with Gasteiger partial charge in [-0.15, -0.1) is 0 Å². The standard InChI is InChI=1S/C26H36N2O/c1-3-5-6-7-8-9-10-11-19-29-25-17-18-26-23(20-25)21-28(27-26)24-15-13-22(12-4-2)14-16-24/h13-18,20-21H,3-12,19H2,1-2H3. The molecule has 156 valence electrons. The molecule has 3 aromatic rings. The molecule has 29 heavy (non-hydrogen) atoms. The third-order valence-electron chi connectivity index (χ3n) is 5.48. The zero-order chi connectivity index (χ0) is 20.3. The number of benzene rings is 2. The van der Waals surface area contributed by atoms with Gasteiger partial charge in [0.25, 0.3) is 0 Å². The third-order valence-corrected chi connectivity index (χ3v) is 5.48. The van der Waals surface area contributed by atoms with Crippen LogP contribution in [0.5, 0.6) is 5.75 Å². The van der Waals surface area contributed by atoms with Gasteiger partial charge in [0, 0.05) is 11.6 Å². The molecule has 0 atom stereocenters. The fourth-order valence-corrected chi connectivity index (χ4v) is 3.76. The highest BCUT2D eigenvalue weighted by atomic mass is 16.5. The number of aromatic nitrogens is 2. The van der Waals surface area contributed by atoms with E-state index < -0.39 is 0 Å². The van der Waals surface area contributed by atoms with E-state index in [1.54, 1.807) is 0 Å². The Labute approximate surface area is 176 Å². The lowest BCUT2D eigenvalue weighted by molar-refractivity contribution is 0.304. The van der Waals surface area contributed by atoms with Gasteiger partial charge in [-0.05, 0) is 48.7 Å². The molecule has 0 N–H and O–H groups in total. The van der Waals surface area contributed by atoms with Crippen molar-refractivity contribution in [2.75, 3.05) is 6.61 Å². The van der Waals surface area contributed by atoms with Crippen LogP contribution in [-0.2, 0) is 6.42 Å². The van der Waals surface area contributed by atoms with E-state index in [1.165, 1.54) is 56.9 Å². The van der Waals surface area contributed by atoms with Crippen molar-refractivity contribution in [2.45, 2.75) is 78.1 Å². The fraction of sp³-hybridized carbons (Fsp3) is 0.500. The van der Waals surface area contributed by atoms with Crippen molar-refractivity contribution in [1.82, 2.24) is 9.78 Å². The van der Waals surface area contributed by atoms with Gasteiger partial charge in [-0.25, -0.2) is 4.68 Å². The molecule has 0 aliphatic heterocycles. The predicted molar refractivity (Wildman–Crippen MR) is 123 cm³/mol. The quantitative estimate of drug-likeness (QED) is 0.282. The molecule has 3 rings (SSSR count). The minimum atomic E-state index is 0.799. The predicted octanol–water partition coefficient (Wildman–Crippen LogP) is 7.50. The second kappa shape index (κ2) is 11.6. The number of rotatable bonds is 13. The number of hydrogen-bond acceptors (Lipinski definition) is 2. The maximum atomic E-state index is 5.98. The van der Waals surface area contributed by atoms with E-state index in [2.05, 4.69) is 56.4 Å². The Morgan fingerprint density at radius 3 is 2.24 bits per heavy atom. The molecule has 3 heteroatoms. The molecule has 2 aromatic carbocycles. The van der Waals surface area contributed by atoms with Crippen LogP contribution in [0, 0.1) is 0 Å². The molecule has 0 aliphatic rings. The van der Waals surface area contributed by atoms with Crippen molar-refractivity contribution in [3.63, 3.8) is 0 Å². The first-order chi connectivity index (χ1) is 14.3. The van der Waals surface area contributed by atoms with E-state index in [1.807, 2.05) is 10.7 Å². The Kier molecular flexibility index (Phi) is 8.60. The summed E-state index contributed by atoms with van der Waals surface area (Å²) in [4.78, 5) is 0. The maximum Gasteiger partial charge on any atom is 0.120 e. The minimum Gasteiger partial charge on any atom is -0.494 e. The lowest BCUT2D eigenvalue weighted by Gasteiger charge is -2.06. The highest BCUT2D eigenvalue weighted by Gasteiger charge is 2.05. The summed E-state index contributed by atoms with van der Waals surface area (Å²) in [6.45, 7) is 5.28. The van der Waals surface area contributed by atoms with Gasteiger partial charge in [0.2, 0.25) is 0 Å². The average molecular weight is 393 g/mol. The van der Waals surface area contributed by atoms with Gasteiger partial charge in [-0.3, -0.25) is 0 Å². The van der Waals surface area contributed by atoms with Crippen LogP contribution in [0.2, 0.25) is 0 Å². The van der Waals surface area contributed by atoms with Gasteiger partial charge >= 0.3 is 0 Å². The van der Waals surface area contributed by atoms with Crippen molar-refractivity contribution in [2.24, 2.45) is 0 Å². The Morgan fingerprint density at radius 1 is 0.793 bits per heavy atom. The Morgan fingerprint density at radius 2 is 1.52 bits per heavy atom. The highest BCUT2D eigenvalue weighted by Crippen LogP contribution is 2.22. The second-order valence-corrected chi connectivity index (χ2v) is 8.03.